The van der Waals surface area contributed by atoms with E-state index in [2.05, 4.69) is 47.2 Å². The van der Waals surface area contributed by atoms with Crippen molar-refractivity contribution in [2.45, 2.75) is 36.5 Å². The first-order valence-corrected chi connectivity index (χ1v) is 7.39. The van der Waals surface area contributed by atoms with Crippen LogP contribution in [0.4, 0.5) is 0 Å². The van der Waals surface area contributed by atoms with E-state index in [1.54, 1.807) is 18.7 Å². The van der Waals surface area contributed by atoms with Gasteiger partial charge in [0.2, 0.25) is 5.91 Å². The Morgan fingerprint density at radius 2 is 1.95 bits per heavy atom. The van der Waals surface area contributed by atoms with Gasteiger partial charge < -0.3 is 11.1 Å². The zero-order valence-electron chi connectivity index (χ0n) is 11.3. The van der Waals surface area contributed by atoms with E-state index in [1.807, 2.05) is 12.1 Å². The van der Waals surface area contributed by atoms with Gasteiger partial charge in [-0.25, -0.2) is 0 Å². The highest BCUT2D eigenvalue weighted by Gasteiger charge is 2.21. The van der Waals surface area contributed by atoms with Crippen molar-refractivity contribution in [1.82, 2.24) is 5.32 Å². The fraction of sp³-hybridized carbons (Fsp3) is 0.462. The first kappa shape index (κ1) is 18.8. The lowest BCUT2D eigenvalue weighted by Crippen LogP contribution is -2.43. The first-order chi connectivity index (χ1) is 8.30. The Labute approximate surface area is 133 Å². The van der Waals surface area contributed by atoms with Crippen molar-refractivity contribution in [3.8, 4) is 0 Å². The van der Waals surface area contributed by atoms with Gasteiger partial charge in [0.05, 0.1) is 6.04 Å². The Hall–Kier alpha value is -0.230. The van der Waals surface area contributed by atoms with E-state index in [9.17, 15) is 4.79 Å². The van der Waals surface area contributed by atoms with E-state index in [0.717, 1.165) is 4.47 Å². The number of halogens is 2. The zero-order chi connectivity index (χ0) is 13.8. The minimum absolute atomic E-state index is 0. The molecule has 1 rings (SSSR count). The van der Waals surface area contributed by atoms with E-state index >= 15 is 0 Å². The number of hydrogen-bond donors (Lipinski definition) is 2. The summed E-state index contributed by atoms with van der Waals surface area (Å²) in [4.78, 5) is 12.6. The Morgan fingerprint density at radius 3 is 2.42 bits per heavy atom. The molecule has 0 spiro atoms. The maximum atomic E-state index is 11.4. The van der Waals surface area contributed by atoms with E-state index < -0.39 is 6.04 Å². The summed E-state index contributed by atoms with van der Waals surface area (Å²) in [6, 6.07) is 7.68. The quantitative estimate of drug-likeness (QED) is 0.786. The molecule has 1 atom stereocenters. The maximum absolute atomic E-state index is 11.4. The molecule has 1 amide bonds. The van der Waals surface area contributed by atoms with Gasteiger partial charge in [0.1, 0.15) is 0 Å². The standard InChI is InChI=1S/C13H19BrN2OS.ClH/c1-9(15)12(17)16-8-13(2,3)18-11-6-4-10(14)5-7-11;/h4-7,9H,8,15H2,1-3H3,(H,16,17);1H/t9-;/m0./s1. The number of thioether (sulfide) groups is 1. The van der Waals surface area contributed by atoms with Crippen LogP contribution in [0.3, 0.4) is 0 Å². The molecule has 0 saturated heterocycles. The van der Waals surface area contributed by atoms with Gasteiger partial charge in [0, 0.05) is 20.7 Å². The average molecular weight is 368 g/mol. The Kier molecular flexibility index (Phi) is 8.05. The lowest BCUT2D eigenvalue weighted by molar-refractivity contribution is -0.122. The molecule has 0 fully saturated rings. The average Bonchev–Trinajstić information content (AvgIpc) is 2.29. The molecule has 1 aromatic carbocycles. The predicted molar refractivity (Wildman–Crippen MR) is 88.0 cm³/mol. The summed E-state index contributed by atoms with van der Waals surface area (Å²) in [6.07, 6.45) is 0. The Balaban J connectivity index is 0.00000324. The van der Waals surface area contributed by atoms with E-state index in [4.69, 9.17) is 5.73 Å². The van der Waals surface area contributed by atoms with Gasteiger partial charge in [0.15, 0.2) is 0 Å². The van der Waals surface area contributed by atoms with Crippen LogP contribution in [0, 0.1) is 0 Å². The number of rotatable bonds is 5. The molecule has 0 unspecified atom stereocenters. The topological polar surface area (TPSA) is 55.1 Å². The summed E-state index contributed by atoms with van der Waals surface area (Å²) in [7, 11) is 0. The smallest absolute Gasteiger partial charge is 0.236 e. The molecule has 108 valence electrons. The third-order valence-corrected chi connectivity index (χ3v) is 4.04. The number of hydrogen-bond acceptors (Lipinski definition) is 3. The SMILES string of the molecule is C[C@H](N)C(=O)NCC(C)(C)Sc1ccc(Br)cc1.Cl. The number of amides is 1. The summed E-state index contributed by atoms with van der Waals surface area (Å²) >= 11 is 5.14. The van der Waals surface area contributed by atoms with Crippen molar-refractivity contribution in [3.63, 3.8) is 0 Å². The van der Waals surface area contributed by atoms with Crippen LogP contribution in [0.2, 0.25) is 0 Å². The van der Waals surface area contributed by atoms with Gasteiger partial charge in [0.25, 0.3) is 0 Å². The fourth-order valence-electron chi connectivity index (χ4n) is 1.32. The van der Waals surface area contributed by atoms with Crippen LogP contribution in [-0.4, -0.2) is 23.2 Å². The van der Waals surface area contributed by atoms with Gasteiger partial charge in [-0.2, -0.15) is 0 Å². The molecule has 0 aliphatic rings. The summed E-state index contributed by atoms with van der Waals surface area (Å²) < 4.78 is 0.994. The molecule has 3 nitrogen and oxygen atoms in total. The molecule has 1 aromatic rings. The number of nitrogens with two attached hydrogens (primary N) is 1. The molecule has 0 aromatic heterocycles. The third-order valence-electron chi connectivity index (χ3n) is 2.31. The van der Waals surface area contributed by atoms with Gasteiger partial charge in [-0.15, -0.1) is 24.2 Å². The number of carbonyl (C=O) groups is 1. The molecule has 0 aliphatic carbocycles. The number of carbonyl (C=O) groups excluding carboxylic acids is 1. The molecule has 0 radical (unpaired) electrons. The summed E-state index contributed by atoms with van der Waals surface area (Å²) in [5.74, 6) is -0.112. The number of benzene rings is 1. The van der Waals surface area contributed by atoms with Gasteiger partial charge in [-0.3, -0.25) is 4.79 Å². The molecule has 0 aliphatic heterocycles. The second-order valence-corrected chi connectivity index (χ2v) is 7.52. The lowest BCUT2D eigenvalue weighted by Gasteiger charge is -2.25. The van der Waals surface area contributed by atoms with Crippen molar-refractivity contribution in [2.75, 3.05) is 6.54 Å². The third kappa shape index (κ3) is 7.20. The minimum atomic E-state index is -0.460. The summed E-state index contributed by atoms with van der Waals surface area (Å²) in [6.45, 7) is 6.47. The van der Waals surface area contributed by atoms with Crippen LogP contribution < -0.4 is 11.1 Å². The predicted octanol–water partition coefficient (Wildman–Crippen LogP) is 3.21. The molecule has 3 N–H and O–H groups in total. The highest BCUT2D eigenvalue weighted by Crippen LogP contribution is 2.32. The first-order valence-electron chi connectivity index (χ1n) is 5.78. The van der Waals surface area contributed by atoms with Crippen LogP contribution in [0.1, 0.15) is 20.8 Å². The maximum Gasteiger partial charge on any atom is 0.236 e. The van der Waals surface area contributed by atoms with E-state index in [1.165, 1.54) is 4.90 Å². The van der Waals surface area contributed by atoms with Crippen LogP contribution in [-0.2, 0) is 4.79 Å². The molecular weight excluding hydrogens is 348 g/mol. The molecule has 0 heterocycles. The van der Waals surface area contributed by atoms with Crippen molar-refractivity contribution in [1.29, 1.82) is 0 Å². The summed E-state index contributed by atoms with van der Waals surface area (Å²) in [5, 5.41) is 2.86. The second kappa shape index (κ2) is 8.15. The monoisotopic (exact) mass is 366 g/mol. The van der Waals surface area contributed by atoms with E-state index in [0.29, 0.717) is 6.54 Å². The normalized spacial score (nSPS) is 12.5. The highest BCUT2D eigenvalue weighted by atomic mass is 79.9. The van der Waals surface area contributed by atoms with Crippen molar-refractivity contribution in [3.05, 3.63) is 28.7 Å². The number of nitrogens with one attached hydrogen (secondary N) is 1. The molecule has 6 heteroatoms. The molecule has 19 heavy (non-hydrogen) atoms. The van der Waals surface area contributed by atoms with Crippen molar-refractivity contribution in [2.24, 2.45) is 5.73 Å². The van der Waals surface area contributed by atoms with Crippen LogP contribution >= 0.6 is 40.1 Å². The molecular formula is C13H20BrClN2OS. The van der Waals surface area contributed by atoms with Gasteiger partial charge in [-0.1, -0.05) is 15.9 Å². The Morgan fingerprint density at radius 1 is 1.42 bits per heavy atom. The van der Waals surface area contributed by atoms with E-state index in [-0.39, 0.29) is 23.1 Å². The Bertz CT molecular complexity index is 410. The zero-order valence-corrected chi connectivity index (χ0v) is 14.5. The van der Waals surface area contributed by atoms with Gasteiger partial charge >= 0.3 is 0 Å². The van der Waals surface area contributed by atoms with Gasteiger partial charge in [-0.05, 0) is 45.0 Å². The largest absolute Gasteiger partial charge is 0.353 e. The van der Waals surface area contributed by atoms with Crippen LogP contribution in [0.15, 0.2) is 33.6 Å². The van der Waals surface area contributed by atoms with Crippen molar-refractivity contribution >= 4 is 46.0 Å². The molecule has 0 saturated carbocycles. The van der Waals surface area contributed by atoms with Crippen LogP contribution in [0.5, 0.6) is 0 Å². The van der Waals surface area contributed by atoms with Crippen molar-refractivity contribution < 1.29 is 4.79 Å². The molecule has 0 bridgehead atoms. The van der Waals surface area contributed by atoms with Crippen LogP contribution in [0.25, 0.3) is 0 Å². The highest BCUT2D eigenvalue weighted by molar-refractivity contribution is 9.10. The minimum Gasteiger partial charge on any atom is -0.353 e. The fourth-order valence-corrected chi connectivity index (χ4v) is 2.64. The second-order valence-electron chi connectivity index (χ2n) is 4.82. The lowest BCUT2D eigenvalue weighted by atomic mass is 10.2. The summed E-state index contributed by atoms with van der Waals surface area (Å²) in [5.41, 5.74) is 5.51.